The highest BCUT2D eigenvalue weighted by molar-refractivity contribution is 5.99. The summed E-state index contributed by atoms with van der Waals surface area (Å²) in [5.41, 5.74) is 7.88. The van der Waals surface area contributed by atoms with Gasteiger partial charge in [0.05, 0.1) is 12.2 Å². The summed E-state index contributed by atoms with van der Waals surface area (Å²) in [5, 5.41) is 15.7. The summed E-state index contributed by atoms with van der Waals surface area (Å²) in [6, 6.07) is 12.1. The monoisotopic (exact) mass is 429 g/mol. The molecular formula is C24H27N7O. The Morgan fingerprint density at radius 1 is 1.09 bits per heavy atom. The van der Waals surface area contributed by atoms with Crippen LogP contribution in [0.25, 0.3) is 10.8 Å². The molecular weight excluding hydrogens is 402 g/mol. The van der Waals surface area contributed by atoms with Crippen molar-refractivity contribution in [1.29, 1.82) is 0 Å². The van der Waals surface area contributed by atoms with E-state index in [9.17, 15) is 5.11 Å². The van der Waals surface area contributed by atoms with Crippen LogP contribution >= 0.6 is 0 Å². The number of hydrogen-bond donors (Lipinski definition) is 3. The average Bonchev–Trinajstić information content (AvgIpc) is 3.23. The van der Waals surface area contributed by atoms with Crippen molar-refractivity contribution in [2.45, 2.75) is 39.1 Å². The van der Waals surface area contributed by atoms with Crippen molar-refractivity contribution in [2.75, 3.05) is 22.5 Å². The van der Waals surface area contributed by atoms with Gasteiger partial charge in [-0.25, -0.2) is 15.0 Å². The summed E-state index contributed by atoms with van der Waals surface area (Å²) < 4.78 is 2.12. The summed E-state index contributed by atoms with van der Waals surface area (Å²) in [6.45, 7) is 6.53. The van der Waals surface area contributed by atoms with E-state index in [-0.39, 0.29) is 0 Å². The van der Waals surface area contributed by atoms with Gasteiger partial charge < -0.3 is 25.6 Å². The predicted molar refractivity (Wildman–Crippen MR) is 126 cm³/mol. The van der Waals surface area contributed by atoms with Crippen LogP contribution in [0.4, 0.5) is 17.3 Å². The van der Waals surface area contributed by atoms with Gasteiger partial charge >= 0.3 is 0 Å². The lowest BCUT2D eigenvalue weighted by atomic mass is 10.1. The number of benzene rings is 1. The molecule has 0 amide bonds. The number of hydrogen-bond acceptors (Lipinski definition) is 7. The second-order valence-electron chi connectivity index (χ2n) is 8.69. The van der Waals surface area contributed by atoms with E-state index >= 15 is 0 Å². The first kappa shape index (κ1) is 20.3. The zero-order chi connectivity index (χ0) is 22.3. The highest BCUT2D eigenvalue weighted by Gasteiger charge is 2.25. The van der Waals surface area contributed by atoms with E-state index in [1.807, 2.05) is 36.7 Å². The first-order chi connectivity index (χ1) is 15.4. The van der Waals surface area contributed by atoms with Crippen LogP contribution in [0.2, 0.25) is 0 Å². The standard InChI is InChI=1S/C24H27N7O/c1-24(2,32)20-14-30-10-11-31(15-22(30)29-20)21-7-6-16(13-28-21)12-27-19-5-3-4-18-17(19)8-9-26-23(18)25/h3-9,13-14,27,32H,10-12,15H2,1-2H3,(H2,25,26). The maximum atomic E-state index is 10.2. The van der Waals surface area contributed by atoms with Gasteiger partial charge in [0, 0.05) is 54.7 Å². The molecule has 0 aliphatic carbocycles. The Bertz CT molecular complexity index is 1260. The van der Waals surface area contributed by atoms with Gasteiger partial charge in [-0.05, 0) is 37.6 Å². The van der Waals surface area contributed by atoms with Gasteiger partial charge in [0.2, 0.25) is 0 Å². The zero-order valence-corrected chi connectivity index (χ0v) is 18.3. The minimum atomic E-state index is -0.936. The van der Waals surface area contributed by atoms with Crippen LogP contribution in [-0.2, 0) is 25.2 Å². The number of pyridine rings is 2. The number of nitrogens with zero attached hydrogens (tertiary/aromatic N) is 5. The third kappa shape index (κ3) is 3.85. The van der Waals surface area contributed by atoms with Crippen LogP contribution < -0.4 is 16.0 Å². The van der Waals surface area contributed by atoms with E-state index in [0.717, 1.165) is 46.8 Å². The second kappa shape index (κ2) is 7.80. The second-order valence-corrected chi connectivity index (χ2v) is 8.69. The molecule has 0 saturated carbocycles. The van der Waals surface area contributed by atoms with Crippen molar-refractivity contribution in [3.8, 4) is 0 Å². The number of nitrogen functional groups attached to an aromatic ring is 1. The smallest absolute Gasteiger partial charge is 0.131 e. The highest BCUT2D eigenvalue weighted by Crippen LogP contribution is 2.27. The van der Waals surface area contributed by atoms with Gasteiger partial charge in [0.15, 0.2) is 0 Å². The Morgan fingerprint density at radius 3 is 2.75 bits per heavy atom. The number of nitrogens with one attached hydrogen (secondary N) is 1. The summed E-state index contributed by atoms with van der Waals surface area (Å²) in [4.78, 5) is 15.7. The van der Waals surface area contributed by atoms with Crippen molar-refractivity contribution < 1.29 is 5.11 Å². The first-order valence-electron chi connectivity index (χ1n) is 10.7. The average molecular weight is 430 g/mol. The minimum Gasteiger partial charge on any atom is -0.384 e. The van der Waals surface area contributed by atoms with Crippen LogP contribution in [0, 0.1) is 0 Å². The topological polar surface area (TPSA) is 105 Å². The van der Waals surface area contributed by atoms with Crippen LogP contribution in [-0.4, -0.2) is 31.2 Å². The normalized spacial score (nSPS) is 13.9. The van der Waals surface area contributed by atoms with Gasteiger partial charge in [0.25, 0.3) is 0 Å². The van der Waals surface area contributed by atoms with Crippen LogP contribution in [0.1, 0.15) is 30.9 Å². The van der Waals surface area contributed by atoms with E-state index in [2.05, 4.69) is 41.9 Å². The fraction of sp³-hybridized carbons (Fsp3) is 0.292. The maximum Gasteiger partial charge on any atom is 0.131 e. The molecule has 32 heavy (non-hydrogen) atoms. The fourth-order valence-corrected chi connectivity index (χ4v) is 4.03. The molecule has 164 valence electrons. The summed E-state index contributed by atoms with van der Waals surface area (Å²) in [6.07, 6.45) is 5.59. The Labute approximate surface area is 186 Å². The molecule has 4 heterocycles. The first-order valence-corrected chi connectivity index (χ1v) is 10.7. The van der Waals surface area contributed by atoms with Crippen molar-refractivity contribution in [3.05, 3.63) is 72.1 Å². The quantitative estimate of drug-likeness (QED) is 0.447. The molecule has 0 saturated heterocycles. The van der Waals surface area contributed by atoms with Gasteiger partial charge in [-0.15, -0.1) is 0 Å². The molecule has 4 aromatic rings. The lowest BCUT2D eigenvalue weighted by Crippen LogP contribution is -2.34. The van der Waals surface area contributed by atoms with Gasteiger partial charge in [0.1, 0.15) is 23.1 Å². The third-order valence-electron chi connectivity index (χ3n) is 5.88. The van der Waals surface area contributed by atoms with E-state index in [0.29, 0.717) is 24.6 Å². The van der Waals surface area contributed by atoms with Crippen LogP contribution in [0.15, 0.2) is 55.0 Å². The molecule has 5 rings (SSSR count). The van der Waals surface area contributed by atoms with Crippen molar-refractivity contribution in [3.63, 3.8) is 0 Å². The molecule has 0 fully saturated rings. The Balaban J connectivity index is 1.27. The molecule has 4 N–H and O–H groups in total. The molecule has 0 atom stereocenters. The van der Waals surface area contributed by atoms with Crippen molar-refractivity contribution in [1.82, 2.24) is 19.5 Å². The lowest BCUT2D eigenvalue weighted by Gasteiger charge is -2.28. The molecule has 0 unspecified atom stereocenters. The summed E-state index contributed by atoms with van der Waals surface area (Å²) >= 11 is 0. The van der Waals surface area contributed by atoms with E-state index in [1.54, 1.807) is 20.0 Å². The largest absolute Gasteiger partial charge is 0.384 e. The Kier molecular flexibility index (Phi) is 4.94. The van der Waals surface area contributed by atoms with Crippen LogP contribution in [0.5, 0.6) is 0 Å². The van der Waals surface area contributed by atoms with Gasteiger partial charge in [-0.2, -0.15) is 0 Å². The third-order valence-corrected chi connectivity index (χ3v) is 5.88. The number of fused-ring (bicyclic) bond motifs is 2. The van der Waals surface area contributed by atoms with Crippen LogP contribution in [0.3, 0.4) is 0 Å². The molecule has 0 spiro atoms. The molecule has 1 aromatic carbocycles. The molecule has 0 bridgehead atoms. The Hall–Kier alpha value is -3.65. The van der Waals surface area contributed by atoms with Gasteiger partial charge in [-0.3, -0.25) is 0 Å². The SMILES string of the molecule is CC(C)(O)c1cn2c(n1)CN(c1ccc(CNc3cccc4c(N)nccc34)cn1)CC2. The molecule has 3 aromatic heterocycles. The highest BCUT2D eigenvalue weighted by atomic mass is 16.3. The maximum absolute atomic E-state index is 10.2. The molecule has 8 nitrogen and oxygen atoms in total. The number of rotatable bonds is 5. The van der Waals surface area contributed by atoms with Crippen molar-refractivity contribution in [2.24, 2.45) is 0 Å². The van der Waals surface area contributed by atoms with Crippen molar-refractivity contribution >= 4 is 28.1 Å². The van der Waals surface area contributed by atoms with E-state index in [1.165, 1.54) is 0 Å². The zero-order valence-electron chi connectivity index (χ0n) is 18.3. The minimum absolute atomic E-state index is 0.536. The lowest BCUT2D eigenvalue weighted by molar-refractivity contribution is 0.0741. The molecule has 0 radical (unpaired) electrons. The fourth-order valence-electron chi connectivity index (χ4n) is 4.03. The Morgan fingerprint density at radius 2 is 1.97 bits per heavy atom. The molecule has 1 aliphatic heterocycles. The van der Waals surface area contributed by atoms with Gasteiger partial charge in [-0.1, -0.05) is 18.2 Å². The number of aromatic nitrogens is 4. The van der Waals surface area contributed by atoms with E-state index in [4.69, 9.17) is 5.73 Å². The number of nitrogens with two attached hydrogens (primary N) is 1. The number of imidazole rings is 1. The number of aliphatic hydroxyl groups is 1. The van der Waals surface area contributed by atoms with E-state index < -0.39 is 5.60 Å². The predicted octanol–water partition coefficient (Wildman–Crippen LogP) is 3.27. The summed E-state index contributed by atoms with van der Waals surface area (Å²) in [7, 11) is 0. The summed E-state index contributed by atoms with van der Waals surface area (Å²) in [5.74, 6) is 2.41. The molecule has 1 aliphatic rings. The molecule has 8 heteroatoms. The number of anilines is 3.